The minimum atomic E-state index is -0.285. The molecule has 0 aliphatic heterocycles. The average molecular weight is 348 g/mol. The Morgan fingerprint density at radius 3 is 2.08 bits per heavy atom. The number of amides is 2. The zero-order valence-electron chi connectivity index (χ0n) is 14.9. The van der Waals surface area contributed by atoms with E-state index in [4.69, 9.17) is 4.74 Å². The molecule has 2 N–H and O–H groups in total. The number of carbonyl (C=O) groups is 1. The highest BCUT2D eigenvalue weighted by molar-refractivity contribution is 5.99. The lowest BCUT2D eigenvalue weighted by Crippen LogP contribution is -2.19. The first-order chi connectivity index (χ1) is 12.5. The SMILES string of the molecule is COc1ccc(-c2ccc(NC(=O)Nc3cc(C)cc(C)c3)cc2)nn1. The number of urea groups is 1. The van der Waals surface area contributed by atoms with Gasteiger partial charge in [0.25, 0.3) is 0 Å². The Balaban J connectivity index is 1.65. The molecule has 0 aliphatic carbocycles. The van der Waals surface area contributed by atoms with Crippen LogP contribution in [-0.4, -0.2) is 23.3 Å². The molecular weight excluding hydrogens is 328 g/mol. The van der Waals surface area contributed by atoms with E-state index in [9.17, 15) is 4.79 Å². The Labute approximate surface area is 152 Å². The number of nitrogens with zero attached hydrogens (tertiary/aromatic N) is 2. The quantitative estimate of drug-likeness (QED) is 0.732. The van der Waals surface area contributed by atoms with Gasteiger partial charge < -0.3 is 15.4 Å². The Bertz CT molecular complexity index is 886. The maximum Gasteiger partial charge on any atom is 0.323 e. The van der Waals surface area contributed by atoms with Gasteiger partial charge in [-0.2, -0.15) is 0 Å². The van der Waals surface area contributed by atoms with E-state index in [1.807, 2.05) is 56.3 Å². The topological polar surface area (TPSA) is 76.1 Å². The van der Waals surface area contributed by atoms with Crippen LogP contribution >= 0.6 is 0 Å². The summed E-state index contributed by atoms with van der Waals surface area (Å²) in [6.07, 6.45) is 0. The van der Waals surface area contributed by atoms with Crippen molar-refractivity contribution >= 4 is 17.4 Å². The number of carbonyl (C=O) groups excluding carboxylic acids is 1. The van der Waals surface area contributed by atoms with Crippen molar-refractivity contribution < 1.29 is 9.53 Å². The second-order valence-corrected chi connectivity index (χ2v) is 5.99. The van der Waals surface area contributed by atoms with Gasteiger partial charge in [-0.25, -0.2) is 4.79 Å². The molecule has 0 spiro atoms. The van der Waals surface area contributed by atoms with Crippen LogP contribution in [0.15, 0.2) is 54.6 Å². The number of methoxy groups -OCH3 is 1. The number of nitrogens with one attached hydrogen (secondary N) is 2. The molecule has 132 valence electrons. The molecule has 0 saturated heterocycles. The van der Waals surface area contributed by atoms with E-state index >= 15 is 0 Å². The number of ether oxygens (including phenoxy) is 1. The van der Waals surface area contributed by atoms with Crippen LogP contribution in [0.5, 0.6) is 5.88 Å². The maximum atomic E-state index is 12.2. The van der Waals surface area contributed by atoms with Gasteiger partial charge in [-0.15, -0.1) is 10.2 Å². The minimum Gasteiger partial charge on any atom is -0.480 e. The van der Waals surface area contributed by atoms with Crippen LogP contribution in [0.4, 0.5) is 16.2 Å². The predicted octanol–water partition coefficient (Wildman–Crippen LogP) is 4.41. The predicted molar refractivity (Wildman–Crippen MR) is 103 cm³/mol. The van der Waals surface area contributed by atoms with Gasteiger partial charge in [-0.3, -0.25) is 0 Å². The molecule has 0 bridgehead atoms. The summed E-state index contributed by atoms with van der Waals surface area (Å²) in [5.41, 5.74) is 5.30. The zero-order chi connectivity index (χ0) is 18.5. The Hall–Kier alpha value is -3.41. The second-order valence-electron chi connectivity index (χ2n) is 5.99. The van der Waals surface area contributed by atoms with Crippen LogP contribution in [-0.2, 0) is 0 Å². The fourth-order valence-electron chi connectivity index (χ4n) is 2.65. The van der Waals surface area contributed by atoms with E-state index in [1.54, 1.807) is 13.2 Å². The summed E-state index contributed by atoms with van der Waals surface area (Å²) in [6.45, 7) is 3.99. The Morgan fingerprint density at radius 1 is 0.846 bits per heavy atom. The molecule has 2 aromatic carbocycles. The maximum absolute atomic E-state index is 12.2. The molecule has 0 fully saturated rings. The lowest BCUT2D eigenvalue weighted by Gasteiger charge is -2.10. The largest absolute Gasteiger partial charge is 0.480 e. The lowest BCUT2D eigenvalue weighted by atomic mass is 10.1. The summed E-state index contributed by atoms with van der Waals surface area (Å²) in [7, 11) is 1.55. The molecule has 26 heavy (non-hydrogen) atoms. The van der Waals surface area contributed by atoms with Gasteiger partial charge in [0, 0.05) is 23.0 Å². The van der Waals surface area contributed by atoms with Gasteiger partial charge >= 0.3 is 6.03 Å². The van der Waals surface area contributed by atoms with Crippen molar-refractivity contribution in [3.05, 3.63) is 65.7 Å². The third kappa shape index (κ3) is 4.36. The molecule has 6 nitrogen and oxygen atoms in total. The number of aromatic nitrogens is 2. The molecule has 0 saturated carbocycles. The van der Waals surface area contributed by atoms with Gasteiger partial charge in [0.2, 0.25) is 5.88 Å². The first-order valence-electron chi connectivity index (χ1n) is 8.18. The van der Waals surface area contributed by atoms with Crippen LogP contribution in [0.3, 0.4) is 0 Å². The molecular formula is C20H20N4O2. The van der Waals surface area contributed by atoms with Crippen molar-refractivity contribution in [3.8, 4) is 17.1 Å². The number of hydrogen-bond acceptors (Lipinski definition) is 4. The van der Waals surface area contributed by atoms with Crippen LogP contribution in [0.25, 0.3) is 11.3 Å². The summed E-state index contributed by atoms with van der Waals surface area (Å²) in [6, 6.07) is 16.6. The van der Waals surface area contributed by atoms with E-state index in [0.717, 1.165) is 28.1 Å². The number of anilines is 2. The standard InChI is InChI=1S/C20H20N4O2/c1-13-10-14(2)12-17(11-13)22-20(25)21-16-6-4-15(5-7-16)18-8-9-19(26-3)24-23-18/h4-12H,1-3H3,(H2,21,22,25). The average Bonchev–Trinajstić information content (AvgIpc) is 2.61. The highest BCUT2D eigenvalue weighted by atomic mass is 16.5. The molecule has 1 heterocycles. The van der Waals surface area contributed by atoms with Crippen molar-refractivity contribution in [2.24, 2.45) is 0 Å². The van der Waals surface area contributed by atoms with Gasteiger partial charge in [0.15, 0.2) is 0 Å². The van der Waals surface area contributed by atoms with Crippen molar-refractivity contribution in [3.63, 3.8) is 0 Å². The van der Waals surface area contributed by atoms with E-state index < -0.39 is 0 Å². The van der Waals surface area contributed by atoms with E-state index in [2.05, 4.69) is 26.9 Å². The zero-order valence-corrected chi connectivity index (χ0v) is 14.9. The number of aryl methyl sites for hydroxylation is 2. The van der Waals surface area contributed by atoms with Crippen LogP contribution in [0.2, 0.25) is 0 Å². The van der Waals surface area contributed by atoms with E-state index in [1.165, 1.54) is 0 Å². The first-order valence-corrected chi connectivity index (χ1v) is 8.18. The fraction of sp³-hybridized carbons (Fsp3) is 0.150. The highest BCUT2D eigenvalue weighted by Gasteiger charge is 2.05. The molecule has 3 aromatic rings. The van der Waals surface area contributed by atoms with Crippen molar-refractivity contribution in [2.75, 3.05) is 17.7 Å². The van der Waals surface area contributed by atoms with Crippen molar-refractivity contribution in [2.45, 2.75) is 13.8 Å². The van der Waals surface area contributed by atoms with Crippen LogP contribution < -0.4 is 15.4 Å². The van der Waals surface area contributed by atoms with Crippen molar-refractivity contribution in [1.82, 2.24) is 10.2 Å². The molecule has 6 heteroatoms. The molecule has 0 unspecified atom stereocenters. The lowest BCUT2D eigenvalue weighted by molar-refractivity contribution is 0.262. The van der Waals surface area contributed by atoms with Gasteiger partial charge in [0.1, 0.15) is 0 Å². The number of rotatable bonds is 4. The smallest absolute Gasteiger partial charge is 0.323 e. The number of hydrogen-bond donors (Lipinski definition) is 2. The summed E-state index contributed by atoms with van der Waals surface area (Å²) < 4.78 is 5.00. The first kappa shape index (κ1) is 17.4. The second kappa shape index (κ2) is 7.65. The summed E-state index contributed by atoms with van der Waals surface area (Å²) >= 11 is 0. The van der Waals surface area contributed by atoms with Gasteiger partial charge in [-0.1, -0.05) is 18.2 Å². The summed E-state index contributed by atoms with van der Waals surface area (Å²) in [5, 5.41) is 13.7. The van der Waals surface area contributed by atoms with Crippen LogP contribution in [0, 0.1) is 13.8 Å². The molecule has 0 radical (unpaired) electrons. The third-order valence-electron chi connectivity index (χ3n) is 3.77. The summed E-state index contributed by atoms with van der Waals surface area (Å²) in [4.78, 5) is 12.2. The highest BCUT2D eigenvalue weighted by Crippen LogP contribution is 2.20. The minimum absolute atomic E-state index is 0.285. The third-order valence-corrected chi connectivity index (χ3v) is 3.77. The normalized spacial score (nSPS) is 10.3. The molecule has 0 aliphatic rings. The molecule has 0 atom stereocenters. The molecule has 1 aromatic heterocycles. The number of benzene rings is 2. The van der Waals surface area contributed by atoms with Gasteiger partial charge in [-0.05, 0) is 55.3 Å². The van der Waals surface area contributed by atoms with Crippen LogP contribution in [0.1, 0.15) is 11.1 Å². The van der Waals surface area contributed by atoms with Gasteiger partial charge in [0.05, 0.1) is 12.8 Å². The van der Waals surface area contributed by atoms with Crippen molar-refractivity contribution in [1.29, 1.82) is 0 Å². The monoisotopic (exact) mass is 348 g/mol. The fourth-order valence-corrected chi connectivity index (χ4v) is 2.65. The summed E-state index contributed by atoms with van der Waals surface area (Å²) in [5.74, 6) is 0.468. The van der Waals surface area contributed by atoms with E-state index in [0.29, 0.717) is 11.6 Å². The Kier molecular flexibility index (Phi) is 5.12. The Morgan fingerprint density at radius 2 is 1.50 bits per heavy atom. The molecule has 3 rings (SSSR count). The molecule has 2 amide bonds. The van der Waals surface area contributed by atoms with E-state index in [-0.39, 0.29) is 6.03 Å².